The summed E-state index contributed by atoms with van der Waals surface area (Å²) in [5.41, 5.74) is 6.31. The van der Waals surface area contributed by atoms with Gasteiger partial charge in [-0.2, -0.15) is 0 Å². The van der Waals surface area contributed by atoms with Gasteiger partial charge in [-0.15, -0.1) is 0 Å². The van der Waals surface area contributed by atoms with Gasteiger partial charge >= 0.3 is 0 Å². The van der Waals surface area contributed by atoms with Crippen LogP contribution in [0.5, 0.6) is 0 Å². The molecule has 0 amide bonds. The second-order valence-corrected chi connectivity index (χ2v) is 17.5. The molecule has 0 bridgehead atoms. The van der Waals surface area contributed by atoms with Gasteiger partial charge in [0.1, 0.15) is 0 Å². The van der Waals surface area contributed by atoms with E-state index in [-0.39, 0.29) is 0 Å². The van der Waals surface area contributed by atoms with Gasteiger partial charge in [0.25, 0.3) is 0 Å². The molecule has 1 aromatic rings. The third-order valence-corrected chi connectivity index (χ3v) is 5.18. The number of hydrogen-bond acceptors (Lipinski definition) is 0. The Morgan fingerprint density at radius 2 is 1.16 bits per heavy atom. The molecule has 0 N–H and O–H groups in total. The minimum atomic E-state index is -1.13. The molecular formula is C17H28Si2. The first-order chi connectivity index (χ1) is 8.67. The highest BCUT2D eigenvalue weighted by molar-refractivity contribution is 6.81. The molecule has 2 heteroatoms. The zero-order valence-electron chi connectivity index (χ0n) is 13.3. The van der Waals surface area contributed by atoms with Crippen molar-refractivity contribution in [2.75, 3.05) is 0 Å². The van der Waals surface area contributed by atoms with Crippen LogP contribution in [0.4, 0.5) is 0 Å². The first kappa shape index (κ1) is 16.2. The summed E-state index contributed by atoms with van der Waals surface area (Å²) >= 11 is 0. The predicted molar refractivity (Wildman–Crippen MR) is 94.2 cm³/mol. The summed E-state index contributed by atoms with van der Waals surface area (Å²) in [4.78, 5) is 0. The van der Waals surface area contributed by atoms with Crippen molar-refractivity contribution < 1.29 is 0 Å². The van der Waals surface area contributed by atoms with Crippen molar-refractivity contribution in [3.8, 4) is 0 Å². The normalized spacial score (nSPS) is 15.3. The second kappa shape index (κ2) is 6.53. The molecule has 104 valence electrons. The van der Waals surface area contributed by atoms with Gasteiger partial charge in [-0.1, -0.05) is 93.2 Å². The molecule has 0 atom stereocenters. The molecule has 0 aliphatic rings. The van der Waals surface area contributed by atoms with Crippen molar-refractivity contribution in [1.29, 1.82) is 0 Å². The Morgan fingerprint density at radius 1 is 0.737 bits per heavy atom. The van der Waals surface area contributed by atoms with Crippen LogP contribution in [-0.2, 0) is 0 Å². The highest BCUT2D eigenvalue weighted by Gasteiger charge is 2.12. The lowest BCUT2D eigenvalue weighted by Gasteiger charge is -2.15. The first-order valence-electron chi connectivity index (χ1n) is 7.11. The number of benzene rings is 1. The summed E-state index contributed by atoms with van der Waals surface area (Å²) in [5, 5.41) is 0. The van der Waals surface area contributed by atoms with Crippen molar-refractivity contribution in [1.82, 2.24) is 0 Å². The van der Waals surface area contributed by atoms with Gasteiger partial charge in [-0.25, -0.2) is 0 Å². The number of hydrogen-bond donors (Lipinski definition) is 0. The van der Waals surface area contributed by atoms with E-state index in [1.54, 1.807) is 0 Å². The summed E-state index contributed by atoms with van der Waals surface area (Å²) < 4.78 is 0. The van der Waals surface area contributed by atoms with Gasteiger partial charge in [0, 0.05) is 5.92 Å². The number of rotatable bonds is 5. The van der Waals surface area contributed by atoms with Gasteiger partial charge in [0.05, 0.1) is 16.1 Å². The molecular weight excluding hydrogens is 260 g/mol. The van der Waals surface area contributed by atoms with Gasteiger partial charge in [0.15, 0.2) is 0 Å². The van der Waals surface area contributed by atoms with Gasteiger partial charge in [-0.3, -0.25) is 0 Å². The quantitative estimate of drug-likeness (QED) is 0.615. The Balaban J connectivity index is 2.99. The minimum absolute atomic E-state index is 0.430. The van der Waals surface area contributed by atoms with E-state index < -0.39 is 16.1 Å². The van der Waals surface area contributed by atoms with Crippen molar-refractivity contribution >= 4 is 16.1 Å². The maximum Gasteiger partial charge on any atom is 0.0683 e. The second-order valence-electron chi connectivity index (χ2n) is 7.39. The molecule has 0 heterocycles. The van der Waals surface area contributed by atoms with E-state index in [0.717, 1.165) is 0 Å². The van der Waals surface area contributed by atoms with E-state index in [4.69, 9.17) is 0 Å². The van der Waals surface area contributed by atoms with Crippen LogP contribution in [0, 0.1) is 0 Å². The first-order valence-corrected chi connectivity index (χ1v) is 14.3. The highest BCUT2D eigenvalue weighted by Crippen LogP contribution is 2.21. The van der Waals surface area contributed by atoms with Crippen LogP contribution >= 0.6 is 0 Å². The van der Waals surface area contributed by atoms with Crippen molar-refractivity contribution in [3.05, 3.63) is 59.4 Å². The third kappa shape index (κ3) is 7.33. The Bertz CT molecular complexity index is 407. The van der Waals surface area contributed by atoms with Crippen LogP contribution < -0.4 is 0 Å². The fraction of sp³-hybridized carbons (Fsp3) is 0.412. The molecule has 0 unspecified atom stereocenters. The topological polar surface area (TPSA) is 0 Å². The summed E-state index contributed by atoms with van der Waals surface area (Å²) in [5.74, 6) is 0.430. The van der Waals surface area contributed by atoms with E-state index in [9.17, 15) is 0 Å². The van der Waals surface area contributed by atoms with E-state index >= 15 is 0 Å². The van der Waals surface area contributed by atoms with Crippen molar-refractivity contribution in [2.45, 2.75) is 45.2 Å². The molecule has 0 aromatic heterocycles. The Morgan fingerprint density at radius 3 is 1.53 bits per heavy atom. The van der Waals surface area contributed by atoms with Crippen LogP contribution in [0.2, 0.25) is 39.3 Å². The van der Waals surface area contributed by atoms with Crippen molar-refractivity contribution in [3.63, 3.8) is 0 Å². The molecule has 0 spiro atoms. The van der Waals surface area contributed by atoms with Crippen LogP contribution in [0.15, 0.2) is 53.9 Å². The largest absolute Gasteiger partial charge is 0.0980 e. The van der Waals surface area contributed by atoms with Crippen LogP contribution in [0.3, 0.4) is 0 Å². The van der Waals surface area contributed by atoms with E-state index in [1.165, 1.54) is 5.56 Å². The predicted octanol–water partition coefficient (Wildman–Crippen LogP) is 5.64. The van der Waals surface area contributed by atoms with Gasteiger partial charge in [0.2, 0.25) is 0 Å². The van der Waals surface area contributed by atoms with Gasteiger partial charge in [-0.05, 0) is 5.56 Å². The molecule has 0 saturated carbocycles. The zero-order valence-corrected chi connectivity index (χ0v) is 15.3. The third-order valence-electron chi connectivity index (χ3n) is 2.79. The summed E-state index contributed by atoms with van der Waals surface area (Å²) in [6.07, 6.45) is 4.80. The Labute approximate surface area is 121 Å². The standard InChI is InChI=1S/C17H28Si2/c1-18(2,3)14-12-17(13-15-19(4,5)6)16-10-8-7-9-11-16/h7-15,17H,1-6H3. The van der Waals surface area contributed by atoms with Crippen LogP contribution in [-0.4, -0.2) is 16.1 Å². The average molecular weight is 289 g/mol. The molecule has 0 nitrogen and oxygen atoms in total. The Kier molecular flexibility index (Phi) is 5.56. The average Bonchev–Trinajstić information content (AvgIpc) is 2.27. The van der Waals surface area contributed by atoms with Crippen LogP contribution in [0.25, 0.3) is 0 Å². The lowest BCUT2D eigenvalue weighted by molar-refractivity contribution is 1.08. The molecule has 0 aliphatic heterocycles. The fourth-order valence-corrected chi connectivity index (χ4v) is 3.32. The molecule has 0 saturated heterocycles. The van der Waals surface area contributed by atoms with Crippen molar-refractivity contribution in [2.24, 2.45) is 0 Å². The maximum atomic E-state index is 2.46. The minimum Gasteiger partial charge on any atom is -0.0980 e. The lowest BCUT2D eigenvalue weighted by atomic mass is 10.00. The van der Waals surface area contributed by atoms with Gasteiger partial charge < -0.3 is 0 Å². The van der Waals surface area contributed by atoms with Crippen LogP contribution in [0.1, 0.15) is 11.5 Å². The Hall–Kier alpha value is -0.866. The zero-order chi connectivity index (χ0) is 14.5. The monoisotopic (exact) mass is 288 g/mol. The highest BCUT2D eigenvalue weighted by atomic mass is 28.3. The summed E-state index contributed by atoms with van der Waals surface area (Å²) in [6.45, 7) is 14.3. The van der Waals surface area contributed by atoms with E-state index in [1.807, 2.05) is 0 Å². The fourth-order valence-electron chi connectivity index (χ4n) is 1.75. The van der Waals surface area contributed by atoms with E-state index in [0.29, 0.717) is 5.92 Å². The molecule has 1 aromatic carbocycles. The SMILES string of the molecule is C[Si](C)(C)C=CC(C=C[Si](C)(C)C)c1ccccc1. The molecule has 0 fully saturated rings. The van der Waals surface area contributed by atoms with E-state index in [2.05, 4.69) is 93.2 Å². The summed E-state index contributed by atoms with van der Waals surface area (Å²) in [7, 11) is -2.26. The summed E-state index contributed by atoms with van der Waals surface area (Å²) in [6, 6.07) is 10.8. The maximum absolute atomic E-state index is 2.46. The number of allylic oxidation sites excluding steroid dienone is 2. The molecule has 0 aliphatic carbocycles. The lowest BCUT2D eigenvalue weighted by Crippen LogP contribution is -2.17. The molecule has 19 heavy (non-hydrogen) atoms. The molecule has 0 radical (unpaired) electrons. The molecule has 1 rings (SSSR count). The smallest absolute Gasteiger partial charge is 0.0683 e.